The zero-order chi connectivity index (χ0) is 11.4. The fraction of sp³-hybridized carbons (Fsp3) is 0.800. The first kappa shape index (κ1) is 11.3. The summed E-state index contributed by atoms with van der Waals surface area (Å²) in [4.78, 5) is 0. The second-order valence-corrected chi connectivity index (χ2v) is 3.92. The van der Waals surface area contributed by atoms with Crippen LogP contribution in [0.4, 0.5) is 6.01 Å². The lowest BCUT2D eigenvalue weighted by atomic mass is 9.89. The summed E-state index contributed by atoms with van der Waals surface area (Å²) < 4.78 is 10.9. The van der Waals surface area contributed by atoms with Crippen molar-refractivity contribution >= 4 is 6.01 Å². The molecule has 0 radical (unpaired) electrons. The molecule has 0 aliphatic heterocycles. The molecule has 2 rings (SSSR count). The number of hydrogen-bond donors (Lipinski definition) is 2. The highest BCUT2D eigenvalue weighted by Gasteiger charge is 2.30. The van der Waals surface area contributed by atoms with Gasteiger partial charge in [0, 0.05) is 12.6 Å². The van der Waals surface area contributed by atoms with Gasteiger partial charge in [-0.2, -0.15) is 0 Å². The highest BCUT2D eigenvalue weighted by molar-refractivity contribution is 5.21. The number of nitrogens with zero attached hydrogens (tertiary/aromatic N) is 2. The molecule has 2 N–H and O–H groups in total. The second kappa shape index (κ2) is 5.27. The number of rotatable bonds is 6. The van der Waals surface area contributed by atoms with E-state index in [0.717, 1.165) is 19.4 Å². The third-order valence-corrected chi connectivity index (χ3v) is 2.62. The molecule has 0 amide bonds. The van der Waals surface area contributed by atoms with E-state index in [2.05, 4.69) is 20.8 Å². The van der Waals surface area contributed by atoms with Gasteiger partial charge in [-0.25, -0.2) is 0 Å². The molecule has 0 atom stereocenters. The van der Waals surface area contributed by atoms with Gasteiger partial charge < -0.3 is 19.8 Å². The Balaban J connectivity index is 1.73. The van der Waals surface area contributed by atoms with Gasteiger partial charge in [0.05, 0.1) is 12.6 Å². The molecule has 0 saturated heterocycles. The van der Waals surface area contributed by atoms with Crippen LogP contribution in [-0.2, 0) is 11.3 Å². The first-order chi connectivity index (χ1) is 7.81. The molecule has 1 aromatic rings. The molecule has 1 fully saturated rings. The standard InChI is InChI=1S/C10H18N4O2/c1-3-15-8-4-7(5-8)12-10-14-13-9(16-10)6-11-2/h7-8,11H,3-6H2,1-2H3,(H,12,14). The first-order valence-electron chi connectivity index (χ1n) is 5.67. The molecule has 0 bridgehead atoms. The van der Waals surface area contributed by atoms with E-state index >= 15 is 0 Å². The molecule has 6 heteroatoms. The molecule has 1 aromatic heterocycles. The van der Waals surface area contributed by atoms with E-state index in [1.165, 1.54) is 0 Å². The van der Waals surface area contributed by atoms with E-state index in [0.29, 0.717) is 30.6 Å². The SMILES string of the molecule is CCOC1CC(Nc2nnc(CNC)o2)C1. The molecule has 1 saturated carbocycles. The minimum atomic E-state index is 0.391. The lowest BCUT2D eigenvalue weighted by Crippen LogP contribution is -2.40. The highest BCUT2D eigenvalue weighted by Crippen LogP contribution is 2.26. The number of anilines is 1. The highest BCUT2D eigenvalue weighted by atomic mass is 16.5. The van der Waals surface area contributed by atoms with Gasteiger partial charge in [-0.3, -0.25) is 0 Å². The number of hydrogen-bond acceptors (Lipinski definition) is 6. The van der Waals surface area contributed by atoms with Gasteiger partial charge in [0.15, 0.2) is 0 Å². The van der Waals surface area contributed by atoms with Crippen molar-refractivity contribution in [1.29, 1.82) is 0 Å². The molecule has 1 aliphatic rings. The number of nitrogens with one attached hydrogen (secondary N) is 2. The van der Waals surface area contributed by atoms with E-state index in [-0.39, 0.29) is 0 Å². The van der Waals surface area contributed by atoms with Crippen LogP contribution in [0.2, 0.25) is 0 Å². The Morgan fingerprint density at radius 3 is 2.94 bits per heavy atom. The summed E-state index contributed by atoms with van der Waals surface area (Å²) in [5, 5.41) is 14.0. The lowest BCUT2D eigenvalue weighted by molar-refractivity contribution is 0.00255. The Morgan fingerprint density at radius 2 is 2.25 bits per heavy atom. The van der Waals surface area contributed by atoms with Gasteiger partial charge in [-0.15, -0.1) is 5.10 Å². The van der Waals surface area contributed by atoms with Crippen molar-refractivity contribution in [3.05, 3.63) is 5.89 Å². The van der Waals surface area contributed by atoms with Crippen molar-refractivity contribution in [2.24, 2.45) is 0 Å². The fourth-order valence-corrected chi connectivity index (χ4v) is 1.76. The first-order valence-corrected chi connectivity index (χ1v) is 5.67. The Labute approximate surface area is 94.8 Å². The van der Waals surface area contributed by atoms with E-state index in [1.807, 2.05) is 14.0 Å². The fourth-order valence-electron chi connectivity index (χ4n) is 1.76. The van der Waals surface area contributed by atoms with Crippen LogP contribution in [0.1, 0.15) is 25.7 Å². The molecule has 1 heterocycles. The molecule has 0 spiro atoms. The third-order valence-electron chi connectivity index (χ3n) is 2.62. The van der Waals surface area contributed by atoms with E-state index in [9.17, 15) is 0 Å². The maximum atomic E-state index is 5.47. The lowest BCUT2D eigenvalue weighted by Gasteiger charge is -2.34. The predicted molar refractivity (Wildman–Crippen MR) is 59.1 cm³/mol. The normalized spacial score (nSPS) is 24.1. The summed E-state index contributed by atoms with van der Waals surface area (Å²) in [6.45, 7) is 3.40. The van der Waals surface area contributed by atoms with Crippen LogP contribution in [0.25, 0.3) is 0 Å². The van der Waals surface area contributed by atoms with Crippen LogP contribution >= 0.6 is 0 Å². The van der Waals surface area contributed by atoms with Crippen molar-refractivity contribution in [2.75, 3.05) is 19.0 Å². The van der Waals surface area contributed by atoms with Crippen LogP contribution in [0, 0.1) is 0 Å². The summed E-state index contributed by atoms with van der Waals surface area (Å²) in [6, 6.07) is 0.907. The summed E-state index contributed by atoms with van der Waals surface area (Å²) >= 11 is 0. The maximum Gasteiger partial charge on any atom is 0.315 e. The Hall–Kier alpha value is -1.14. The van der Waals surface area contributed by atoms with Crippen LogP contribution in [-0.4, -0.2) is 36.0 Å². The van der Waals surface area contributed by atoms with Crippen LogP contribution in [0.3, 0.4) is 0 Å². The largest absolute Gasteiger partial charge is 0.407 e. The van der Waals surface area contributed by atoms with Crippen LogP contribution in [0.15, 0.2) is 4.42 Å². The monoisotopic (exact) mass is 226 g/mol. The molecule has 90 valence electrons. The quantitative estimate of drug-likeness (QED) is 0.746. The predicted octanol–water partition coefficient (Wildman–Crippen LogP) is 0.768. The van der Waals surface area contributed by atoms with Crippen molar-refractivity contribution in [2.45, 2.75) is 38.5 Å². The summed E-state index contributed by atoms with van der Waals surface area (Å²) in [5.74, 6) is 0.602. The van der Waals surface area contributed by atoms with E-state index in [4.69, 9.17) is 9.15 Å². The molecule has 0 unspecified atom stereocenters. The van der Waals surface area contributed by atoms with Gasteiger partial charge >= 0.3 is 6.01 Å². The van der Waals surface area contributed by atoms with E-state index < -0.39 is 0 Å². The summed E-state index contributed by atoms with van der Waals surface area (Å²) in [7, 11) is 1.84. The number of ether oxygens (including phenoxy) is 1. The van der Waals surface area contributed by atoms with Crippen LogP contribution < -0.4 is 10.6 Å². The van der Waals surface area contributed by atoms with Crippen molar-refractivity contribution in [3.63, 3.8) is 0 Å². The van der Waals surface area contributed by atoms with Gasteiger partial charge in [0.1, 0.15) is 0 Å². The molecule has 1 aliphatic carbocycles. The zero-order valence-electron chi connectivity index (χ0n) is 9.69. The maximum absolute atomic E-state index is 5.47. The molecular formula is C10H18N4O2. The van der Waals surface area contributed by atoms with Crippen molar-refractivity contribution in [3.8, 4) is 0 Å². The molecular weight excluding hydrogens is 208 g/mol. The Bertz CT molecular complexity index is 322. The van der Waals surface area contributed by atoms with Gasteiger partial charge in [-0.1, -0.05) is 5.10 Å². The summed E-state index contributed by atoms with van der Waals surface area (Å²) in [6.07, 6.45) is 2.41. The molecule has 0 aromatic carbocycles. The van der Waals surface area contributed by atoms with Crippen LogP contribution in [0.5, 0.6) is 0 Å². The van der Waals surface area contributed by atoms with Gasteiger partial charge in [0.25, 0.3) is 0 Å². The second-order valence-electron chi connectivity index (χ2n) is 3.92. The van der Waals surface area contributed by atoms with E-state index in [1.54, 1.807) is 0 Å². The van der Waals surface area contributed by atoms with Gasteiger partial charge in [-0.05, 0) is 26.8 Å². The van der Waals surface area contributed by atoms with Crippen molar-refractivity contribution in [1.82, 2.24) is 15.5 Å². The summed E-state index contributed by atoms with van der Waals surface area (Å²) in [5.41, 5.74) is 0. The number of aromatic nitrogens is 2. The smallest absolute Gasteiger partial charge is 0.315 e. The Morgan fingerprint density at radius 1 is 1.44 bits per heavy atom. The molecule has 6 nitrogen and oxygen atoms in total. The average molecular weight is 226 g/mol. The third kappa shape index (κ3) is 2.70. The Kier molecular flexibility index (Phi) is 3.74. The average Bonchev–Trinajstić information content (AvgIpc) is 2.63. The minimum Gasteiger partial charge on any atom is -0.407 e. The molecule has 16 heavy (non-hydrogen) atoms. The van der Waals surface area contributed by atoms with Crippen molar-refractivity contribution < 1.29 is 9.15 Å². The zero-order valence-corrected chi connectivity index (χ0v) is 9.69. The minimum absolute atomic E-state index is 0.391. The topological polar surface area (TPSA) is 72.2 Å². The van der Waals surface area contributed by atoms with Gasteiger partial charge in [0.2, 0.25) is 5.89 Å².